The van der Waals surface area contributed by atoms with E-state index in [1.807, 2.05) is 24.6 Å². The maximum atomic E-state index is 11.5. The van der Waals surface area contributed by atoms with E-state index in [9.17, 15) is 4.79 Å². The highest BCUT2D eigenvalue weighted by Gasteiger charge is 2.06. The number of aromatic nitrogens is 1. The molecule has 0 saturated heterocycles. The predicted molar refractivity (Wildman–Crippen MR) is 76.6 cm³/mol. The quantitative estimate of drug-likeness (QED) is 0.852. The average Bonchev–Trinajstić information content (AvgIpc) is 2.83. The Morgan fingerprint density at radius 3 is 2.68 bits per heavy atom. The molecule has 4 nitrogen and oxygen atoms in total. The number of hydrogen-bond donors (Lipinski definition) is 1. The first-order valence-corrected chi connectivity index (χ1v) is 6.98. The summed E-state index contributed by atoms with van der Waals surface area (Å²) < 4.78 is 4.94. The molecule has 1 aromatic heterocycles. The summed E-state index contributed by atoms with van der Waals surface area (Å²) in [4.78, 5) is 16.9. The van der Waals surface area contributed by atoms with Crippen molar-refractivity contribution in [3.8, 4) is 0 Å². The molecule has 0 radical (unpaired) electrons. The van der Waals surface area contributed by atoms with Crippen LogP contribution >= 0.6 is 11.3 Å². The molecule has 19 heavy (non-hydrogen) atoms. The molecule has 0 fully saturated rings. The number of aryl methyl sites for hydroxylation is 1. The first-order chi connectivity index (χ1) is 9.20. The fourth-order valence-electron chi connectivity index (χ4n) is 1.62. The second-order valence-electron chi connectivity index (χ2n) is 4.01. The van der Waals surface area contributed by atoms with Crippen LogP contribution in [0.1, 0.15) is 27.9 Å². The monoisotopic (exact) mass is 276 g/mol. The van der Waals surface area contributed by atoms with Gasteiger partial charge in [0.05, 0.1) is 29.9 Å². The molecule has 0 unspecified atom stereocenters. The summed E-state index contributed by atoms with van der Waals surface area (Å²) >= 11 is 1.64. The normalized spacial score (nSPS) is 10.2. The van der Waals surface area contributed by atoms with Gasteiger partial charge in [-0.25, -0.2) is 9.78 Å². The third-order valence-electron chi connectivity index (χ3n) is 2.69. The molecule has 0 aliphatic carbocycles. The smallest absolute Gasteiger partial charge is 0.338 e. The summed E-state index contributed by atoms with van der Waals surface area (Å²) in [6.45, 7) is 4.93. The highest BCUT2D eigenvalue weighted by atomic mass is 32.1. The van der Waals surface area contributed by atoms with Crippen molar-refractivity contribution in [1.29, 1.82) is 0 Å². The zero-order valence-electron chi connectivity index (χ0n) is 11.0. The third-order valence-corrected chi connectivity index (χ3v) is 3.63. The van der Waals surface area contributed by atoms with E-state index in [0.717, 1.165) is 17.9 Å². The number of anilines is 1. The predicted octanol–water partition coefficient (Wildman–Crippen LogP) is 3.24. The summed E-state index contributed by atoms with van der Waals surface area (Å²) in [5.74, 6) is -0.285. The summed E-state index contributed by atoms with van der Waals surface area (Å²) in [5.41, 5.74) is 4.44. The first-order valence-electron chi connectivity index (χ1n) is 6.10. The molecule has 1 heterocycles. The molecule has 2 rings (SSSR count). The van der Waals surface area contributed by atoms with Crippen molar-refractivity contribution in [3.05, 3.63) is 45.9 Å². The largest absolute Gasteiger partial charge is 0.462 e. The van der Waals surface area contributed by atoms with Gasteiger partial charge in [-0.3, -0.25) is 0 Å². The van der Waals surface area contributed by atoms with Gasteiger partial charge in [0.2, 0.25) is 0 Å². The molecule has 1 N–H and O–H groups in total. The number of nitrogens with zero attached hydrogens (tertiary/aromatic N) is 1. The van der Waals surface area contributed by atoms with Crippen LogP contribution < -0.4 is 5.32 Å². The number of esters is 1. The SMILES string of the molecule is CCOC(=O)c1ccc(NCc2scnc2C)cc1. The maximum absolute atomic E-state index is 11.5. The van der Waals surface area contributed by atoms with Crippen molar-refractivity contribution in [1.82, 2.24) is 4.98 Å². The molecule has 0 saturated carbocycles. The minimum atomic E-state index is -0.285. The fraction of sp³-hybridized carbons (Fsp3) is 0.286. The van der Waals surface area contributed by atoms with Gasteiger partial charge in [-0.15, -0.1) is 11.3 Å². The van der Waals surface area contributed by atoms with Gasteiger partial charge in [0.25, 0.3) is 0 Å². The van der Waals surface area contributed by atoms with Crippen LogP contribution in [0.25, 0.3) is 0 Å². The number of carbonyl (C=O) groups is 1. The minimum absolute atomic E-state index is 0.285. The van der Waals surface area contributed by atoms with Gasteiger partial charge in [0.15, 0.2) is 0 Å². The number of ether oxygens (including phenoxy) is 1. The molecule has 100 valence electrons. The van der Waals surface area contributed by atoms with Crippen LogP contribution in [0.5, 0.6) is 0 Å². The highest BCUT2D eigenvalue weighted by molar-refractivity contribution is 7.09. The van der Waals surface area contributed by atoms with E-state index in [-0.39, 0.29) is 5.97 Å². The van der Waals surface area contributed by atoms with Crippen LogP contribution in [0, 0.1) is 6.92 Å². The van der Waals surface area contributed by atoms with E-state index < -0.39 is 0 Å². The number of thiazole rings is 1. The number of benzene rings is 1. The van der Waals surface area contributed by atoms with Crippen molar-refractivity contribution >= 4 is 23.0 Å². The lowest BCUT2D eigenvalue weighted by Gasteiger charge is -2.06. The summed E-state index contributed by atoms with van der Waals surface area (Å²) in [5, 5.41) is 3.30. The summed E-state index contributed by atoms with van der Waals surface area (Å²) in [7, 11) is 0. The average molecular weight is 276 g/mol. The third kappa shape index (κ3) is 3.54. The Bertz CT molecular complexity index is 549. The van der Waals surface area contributed by atoms with Crippen molar-refractivity contribution < 1.29 is 9.53 Å². The van der Waals surface area contributed by atoms with E-state index in [2.05, 4.69) is 10.3 Å². The Balaban J connectivity index is 1.95. The lowest BCUT2D eigenvalue weighted by Crippen LogP contribution is -2.05. The molecular formula is C14H16N2O2S. The Morgan fingerprint density at radius 2 is 2.11 bits per heavy atom. The highest BCUT2D eigenvalue weighted by Crippen LogP contribution is 2.16. The molecule has 0 atom stereocenters. The van der Waals surface area contributed by atoms with E-state index in [0.29, 0.717) is 12.2 Å². The topological polar surface area (TPSA) is 51.2 Å². The van der Waals surface area contributed by atoms with Crippen LogP contribution in [0.15, 0.2) is 29.8 Å². The van der Waals surface area contributed by atoms with E-state index in [1.165, 1.54) is 4.88 Å². The Morgan fingerprint density at radius 1 is 1.37 bits per heavy atom. The Kier molecular flexibility index (Phi) is 4.52. The lowest BCUT2D eigenvalue weighted by atomic mass is 10.2. The van der Waals surface area contributed by atoms with Crippen molar-refractivity contribution in [2.45, 2.75) is 20.4 Å². The number of carbonyl (C=O) groups excluding carboxylic acids is 1. The maximum Gasteiger partial charge on any atom is 0.338 e. The van der Waals surface area contributed by atoms with E-state index >= 15 is 0 Å². The van der Waals surface area contributed by atoms with Gasteiger partial charge in [-0.05, 0) is 38.1 Å². The molecule has 5 heteroatoms. The number of nitrogens with one attached hydrogen (secondary N) is 1. The Hall–Kier alpha value is -1.88. The van der Waals surface area contributed by atoms with Gasteiger partial charge < -0.3 is 10.1 Å². The molecule has 0 amide bonds. The van der Waals surface area contributed by atoms with Gasteiger partial charge >= 0.3 is 5.97 Å². The molecule has 2 aromatic rings. The van der Waals surface area contributed by atoms with Crippen LogP contribution in [-0.4, -0.2) is 17.6 Å². The second kappa shape index (κ2) is 6.33. The van der Waals surface area contributed by atoms with Gasteiger partial charge in [-0.1, -0.05) is 0 Å². The summed E-state index contributed by atoms with van der Waals surface area (Å²) in [6, 6.07) is 7.28. The molecule has 0 bridgehead atoms. The molecule has 0 aliphatic heterocycles. The number of hydrogen-bond acceptors (Lipinski definition) is 5. The van der Waals surface area contributed by atoms with Crippen LogP contribution in [0.2, 0.25) is 0 Å². The zero-order chi connectivity index (χ0) is 13.7. The molecule has 1 aromatic carbocycles. The van der Waals surface area contributed by atoms with Gasteiger partial charge in [-0.2, -0.15) is 0 Å². The fourth-order valence-corrected chi connectivity index (χ4v) is 2.33. The van der Waals surface area contributed by atoms with Crippen LogP contribution in [0.3, 0.4) is 0 Å². The first kappa shape index (κ1) is 13.5. The standard InChI is InChI=1S/C14H16N2O2S/c1-3-18-14(17)11-4-6-12(7-5-11)15-8-13-10(2)16-9-19-13/h4-7,9,15H,3,8H2,1-2H3. The van der Waals surface area contributed by atoms with Crippen LogP contribution in [-0.2, 0) is 11.3 Å². The van der Waals surface area contributed by atoms with Gasteiger partial charge in [0.1, 0.15) is 0 Å². The van der Waals surface area contributed by atoms with Crippen LogP contribution in [0.4, 0.5) is 5.69 Å². The van der Waals surface area contributed by atoms with E-state index in [4.69, 9.17) is 4.74 Å². The molecule has 0 aliphatic rings. The van der Waals surface area contributed by atoms with Crippen molar-refractivity contribution in [3.63, 3.8) is 0 Å². The summed E-state index contributed by atoms with van der Waals surface area (Å²) in [6.07, 6.45) is 0. The van der Waals surface area contributed by atoms with Gasteiger partial charge in [0, 0.05) is 10.6 Å². The Labute approximate surface area is 116 Å². The zero-order valence-corrected chi connectivity index (χ0v) is 11.8. The molecule has 0 spiro atoms. The lowest BCUT2D eigenvalue weighted by molar-refractivity contribution is 0.0526. The van der Waals surface area contributed by atoms with Crippen molar-refractivity contribution in [2.75, 3.05) is 11.9 Å². The number of rotatable bonds is 5. The van der Waals surface area contributed by atoms with Crippen molar-refractivity contribution in [2.24, 2.45) is 0 Å². The second-order valence-corrected chi connectivity index (χ2v) is 4.95. The minimum Gasteiger partial charge on any atom is -0.462 e. The molecular weight excluding hydrogens is 260 g/mol. The van der Waals surface area contributed by atoms with E-state index in [1.54, 1.807) is 30.4 Å².